The Morgan fingerprint density at radius 1 is 1.04 bits per heavy atom. The molecular formula is C18H16BrCl2NO4. The monoisotopic (exact) mass is 459 g/mol. The topological polar surface area (TPSA) is 86.6 Å². The molecule has 0 radical (unpaired) electrons. The number of carbonyl (C=O) groups excluding carboxylic acids is 1. The van der Waals surface area contributed by atoms with E-state index in [1.165, 1.54) is 0 Å². The molecule has 0 spiro atoms. The standard InChI is InChI=1S/C18H16BrCl2NO4/c19-14(9-15(23)24)18(26)22-16(10-4-6-12(20)7-5-10)17(25)11-2-1-3-13(21)8-11/h1-8,14,16-17,25H,9H2,(H,22,26)(H,23,24)/t14?,16-,17+/m1/s1. The van der Waals surface area contributed by atoms with Gasteiger partial charge in [-0.1, -0.05) is 63.4 Å². The van der Waals surface area contributed by atoms with Crippen LogP contribution in [0.3, 0.4) is 0 Å². The third-order valence-corrected chi connectivity index (χ3v) is 4.90. The fraction of sp³-hybridized carbons (Fsp3) is 0.222. The summed E-state index contributed by atoms with van der Waals surface area (Å²) in [5.74, 6) is -1.66. The second kappa shape index (κ2) is 9.37. The zero-order valence-electron chi connectivity index (χ0n) is 13.4. The van der Waals surface area contributed by atoms with Gasteiger partial charge in [0.05, 0.1) is 12.5 Å². The smallest absolute Gasteiger partial charge is 0.305 e. The van der Waals surface area contributed by atoms with Gasteiger partial charge in [0.25, 0.3) is 0 Å². The first-order valence-electron chi connectivity index (χ1n) is 7.63. The van der Waals surface area contributed by atoms with Crippen LogP contribution in [0.15, 0.2) is 48.5 Å². The molecule has 2 rings (SSSR count). The Kier molecular flexibility index (Phi) is 7.46. The van der Waals surface area contributed by atoms with Gasteiger partial charge in [-0.2, -0.15) is 0 Å². The number of carboxylic acids is 1. The molecule has 0 aliphatic heterocycles. The van der Waals surface area contributed by atoms with Gasteiger partial charge < -0.3 is 15.5 Å². The van der Waals surface area contributed by atoms with Crippen molar-refractivity contribution in [3.63, 3.8) is 0 Å². The molecule has 0 saturated carbocycles. The quantitative estimate of drug-likeness (QED) is 0.542. The van der Waals surface area contributed by atoms with Gasteiger partial charge in [0.2, 0.25) is 5.91 Å². The maximum atomic E-state index is 12.3. The first-order valence-corrected chi connectivity index (χ1v) is 9.30. The predicted molar refractivity (Wildman–Crippen MR) is 104 cm³/mol. The first-order chi connectivity index (χ1) is 12.3. The number of halogens is 3. The molecule has 3 atom stereocenters. The van der Waals surface area contributed by atoms with E-state index in [0.717, 1.165) is 0 Å². The SMILES string of the molecule is O=C(O)CC(Br)C(=O)N[C@H](c1ccc(Cl)cc1)[C@@H](O)c1cccc(Cl)c1. The van der Waals surface area contributed by atoms with Crippen LogP contribution in [-0.2, 0) is 9.59 Å². The van der Waals surface area contributed by atoms with E-state index in [0.29, 0.717) is 21.2 Å². The van der Waals surface area contributed by atoms with Crippen LogP contribution in [0.25, 0.3) is 0 Å². The lowest BCUT2D eigenvalue weighted by molar-refractivity contribution is -0.138. The van der Waals surface area contributed by atoms with E-state index in [2.05, 4.69) is 21.2 Å². The van der Waals surface area contributed by atoms with E-state index < -0.39 is 28.8 Å². The highest BCUT2D eigenvalue weighted by Gasteiger charge is 2.28. The molecule has 26 heavy (non-hydrogen) atoms. The average molecular weight is 461 g/mol. The lowest BCUT2D eigenvalue weighted by atomic mass is 9.95. The van der Waals surface area contributed by atoms with Crippen LogP contribution in [0.4, 0.5) is 0 Å². The molecule has 2 aromatic carbocycles. The Morgan fingerprint density at radius 2 is 1.69 bits per heavy atom. The normalized spacial score (nSPS) is 14.3. The second-order valence-corrected chi connectivity index (χ2v) is 7.58. The summed E-state index contributed by atoms with van der Waals surface area (Å²) in [5, 5.41) is 23.3. The van der Waals surface area contributed by atoms with Gasteiger partial charge in [-0.25, -0.2) is 0 Å². The Balaban J connectivity index is 2.31. The molecule has 0 heterocycles. The van der Waals surface area contributed by atoms with Crippen LogP contribution in [-0.4, -0.2) is 26.9 Å². The zero-order chi connectivity index (χ0) is 19.3. The summed E-state index contributed by atoms with van der Waals surface area (Å²) in [6.07, 6.45) is -1.48. The van der Waals surface area contributed by atoms with Gasteiger partial charge >= 0.3 is 5.97 Å². The van der Waals surface area contributed by atoms with Gasteiger partial charge in [0, 0.05) is 10.0 Å². The van der Waals surface area contributed by atoms with Crippen LogP contribution in [0.2, 0.25) is 10.0 Å². The molecule has 0 fully saturated rings. The van der Waals surface area contributed by atoms with E-state index in [1.54, 1.807) is 48.5 Å². The minimum atomic E-state index is -1.11. The molecule has 0 aliphatic rings. The number of amides is 1. The number of rotatable bonds is 7. The Bertz CT molecular complexity index is 785. The van der Waals surface area contributed by atoms with Gasteiger partial charge in [-0.3, -0.25) is 9.59 Å². The van der Waals surface area contributed by atoms with E-state index in [4.69, 9.17) is 28.3 Å². The Hall–Kier alpha value is -1.60. The van der Waals surface area contributed by atoms with Crippen LogP contribution in [0.1, 0.15) is 29.7 Å². The van der Waals surface area contributed by atoms with Crippen molar-refractivity contribution in [3.8, 4) is 0 Å². The molecule has 0 aliphatic carbocycles. The number of hydrogen-bond acceptors (Lipinski definition) is 3. The van der Waals surface area contributed by atoms with Crippen LogP contribution in [0, 0.1) is 0 Å². The summed E-state index contributed by atoms with van der Waals surface area (Å²) < 4.78 is 0. The number of hydrogen-bond donors (Lipinski definition) is 3. The summed E-state index contributed by atoms with van der Waals surface area (Å²) in [6, 6.07) is 12.5. The van der Waals surface area contributed by atoms with E-state index >= 15 is 0 Å². The minimum absolute atomic E-state index is 0.383. The molecular weight excluding hydrogens is 445 g/mol. The molecule has 5 nitrogen and oxygen atoms in total. The Morgan fingerprint density at radius 3 is 2.27 bits per heavy atom. The molecule has 8 heteroatoms. The van der Waals surface area contributed by atoms with Crippen LogP contribution < -0.4 is 5.32 Å². The van der Waals surface area contributed by atoms with Crippen molar-refractivity contribution in [1.82, 2.24) is 5.32 Å². The summed E-state index contributed by atoms with van der Waals surface area (Å²) in [6.45, 7) is 0. The fourth-order valence-electron chi connectivity index (χ4n) is 2.39. The zero-order valence-corrected chi connectivity index (χ0v) is 16.5. The largest absolute Gasteiger partial charge is 0.481 e. The molecule has 1 amide bonds. The highest BCUT2D eigenvalue weighted by molar-refractivity contribution is 9.10. The maximum absolute atomic E-state index is 12.3. The van der Waals surface area contributed by atoms with Crippen molar-refractivity contribution < 1.29 is 19.8 Å². The molecule has 1 unspecified atom stereocenters. The van der Waals surface area contributed by atoms with E-state index in [-0.39, 0.29) is 6.42 Å². The number of aliphatic hydroxyl groups is 1. The van der Waals surface area contributed by atoms with Crippen molar-refractivity contribution in [2.75, 3.05) is 0 Å². The summed E-state index contributed by atoms with van der Waals surface area (Å²) in [5.41, 5.74) is 1.13. The van der Waals surface area contributed by atoms with Crippen LogP contribution in [0.5, 0.6) is 0 Å². The van der Waals surface area contributed by atoms with Crippen molar-refractivity contribution in [2.24, 2.45) is 0 Å². The van der Waals surface area contributed by atoms with E-state index in [1.807, 2.05) is 0 Å². The lowest BCUT2D eigenvalue weighted by Crippen LogP contribution is -2.38. The number of carbonyl (C=O) groups is 2. The number of aliphatic hydroxyl groups excluding tert-OH is 1. The van der Waals surface area contributed by atoms with Gasteiger partial charge in [0.15, 0.2) is 0 Å². The van der Waals surface area contributed by atoms with Crippen molar-refractivity contribution in [1.29, 1.82) is 0 Å². The number of nitrogens with one attached hydrogen (secondary N) is 1. The van der Waals surface area contributed by atoms with Crippen molar-refractivity contribution in [3.05, 3.63) is 69.7 Å². The van der Waals surface area contributed by atoms with Crippen molar-refractivity contribution >= 4 is 51.0 Å². The lowest BCUT2D eigenvalue weighted by Gasteiger charge is -2.26. The maximum Gasteiger partial charge on any atom is 0.305 e. The first kappa shape index (κ1) is 20.7. The van der Waals surface area contributed by atoms with E-state index in [9.17, 15) is 14.7 Å². The third-order valence-electron chi connectivity index (χ3n) is 3.67. The third kappa shape index (κ3) is 5.71. The molecule has 3 N–H and O–H groups in total. The second-order valence-electron chi connectivity index (χ2n) is 5.60. The summed E-state index contributed by atoms with van der Waals surface area (Å²) in [7, 11) is 0. The minimum Gasteiger partial charge on any atom is -0.481 e. The van der Waals surface area contributed by atoms with Gasteiger partial charge in [-0.15, -0.1) is 0 Å². The average Bonchev–Trinajstić information content (AvgIpc) is 2.59. The number of carboxylic acid groups (broad SMARTS) is 1. The number of aliphatic carboxylic acids is 1. The molecule has 0 saturated heterocycles. The predicted octanol–water partition coefficient (Wildman–Crippen LogP) is 4.12. The molecule has 138 valence electrons. The highest BCUT2D eigenvalue weighted by Crippen LogP contribution is 2.31. The molecule has 2 aromatic rings. The summed E-state index contributed by atoms with van der Waals surface area (Å²) in [4.78, 5) is 22.2. The fourth-order valence-corrected chi connectivity index (χ4v) is 3.12. The summed E-state index contributed by atoms with van der Waals surface area (Å²) >= 11 is 14.9. The number of benzene rings is 2. The Labute approximate surface area is 169 Å². The number of alkyl halides is 1. The molecule has 0 bridgehead atoms. The van der Waals surface area contributed by atoms with Gasteiger partial charge in [0.1, 0.15) is 10.9 Å². The van der Waals surface area contributed by atoms with Crippen LogP contribution >= 0.6 is 39.1 Å². The van der Waals surface area contributed by atoms with Gasteiger partial charge in [-0.05, 0) is 35.4 Å². The highest BCUT2D eigenvalue weighted by atomic mass is 79.9. The van der Waals surface area contributed by atoms with Crippen molar-refractivity contribution in [2.45, 2.75) is 23.4 Å². The molecule has 0 aromatic heterocycles.